The van der Waals surface area contributed by atoms with Gasteiger partial charge >= 0.3 is 0 Å². The van der Waals surface area contributed by atoms with Crippen LogP contribution in [0.1, 0.15) is 49.4 Å². The second-order valence-electron chi connectivity index (χ2n) is 10.6. The first-order valence-corrected chi connectivity index (χ1v) is 15.4. The molecule has 1 atom stereocenters. The molecular weight excluding hydrogens is 486 g/mol. The lowest BCUT2D eigenvalue weighted by Gasteiger charge is -2.33. The molecule has 9 heteroatoms. The maximum atomic E-state index is 12.7. The Balaban J connectivity index is 1.10. The Bertz CT molecular complexity index is 1130. The van der Waals surface area contributed by atoms with Crippen LogP contribution in [0, 0.1) is 0 Å². The lowest BCUT2D eigenvalue weighted by molar-refractivity contribution is 0.0903. The van der Waals surface area contributed by atoms with Gasteiger partial charge in [-0.1, -0.05) is 13.0 Å². The van der Waals surface area contributed by atoms with Crippen molar-refractivity contribution in [3.63, 3.8) is 0 Å². The van der Waals surface area contributed by atoms with E-state index in [0.29, 0.717) is 11.8 Å². The molecule has 0 amide bonds. The minimum atomic E-state index is -1.02. The predicted octanol–water partition coefficient (Wildman–Crippen LogP) is 3.20. The molecule has 0 radical (unpaired) electrons. The normalized spacial score (nSPS) is 23.4. The smallest absolute Gasteiger partial charge is 0.227 e. The van der Waals surface area contributed by atoms with Crippen LogP contribution < -0.4 is 15.0 Å². The van der Waals surface area contributed by atoms with Crippen molar-refractivity contribution in [3.05, 3.63) is 35.0 Å². The number of likely N-dealkylation sites (N-methyl/N-ethyl adjacent to an activating group) is 1. The SMILES string of the molecule is CCN1CCc2ccc(OC3CCN(c4nc5c(c(NC6CCOCC6)n4)S(=O)CC5)CC3)cc2CC1. The minimum Gasteiger partial charge on any atom is -0.490 e. The fourth-order valence-corrected chi connectivity index (χ4v) is 7.28. The van der Waals surface area contributed by atoms with Crippen LogP contribution in [-0.2, 0) is 34.8 Å². The van der Waals surface area contributed by atoms with E-state index in [0.717, 1.165) is 119 Å². The van der Waals surface area contributed by atoms with E-state index in [4.69, 9.17) is 19.4 Å². The van der Waals surface area contributed by atoms with Gasteiger partial charge in [0, 0.05) is 70.4 Å². The molecule has 1 aromatic heterocycles. The van der Waals surface area contributed by atoms with Crippen molar-refractivity contribution in [2.75, 3.05) is 61.9 Å². The van der Waals surface area contributed by atoms with Crippen LogP contribution in [0.2, 0.25) is 0 Å². The monoisotopic (exact) mass is 525 g/mol. The zero-order valence-corrected chi connectivity index (χ0v) is 22.7. The van der Waals surface area contributed by atoms with E-state index in [1.54, 1.807) is 0 Å². The highest BCUT2D eigenvalue weighted by atomic mass is 32.2. The molecule has 2 aromatic rings. The lowest BCUT2D eigenvalue weighted by atomic mass is 10.0. The zero-order chi connectivity index (χ0) is 25.2. The van der Waals surface area contributed by atoms with Crippen LogP contribution in [0.25, 0.3) is 0 Å². The Morgan fingerprint density at radius 1 is 1.03 bits per heavy atom. The van der Waals surface area contributed by atoms with Crippen LogP contribution in [0.5, 0.6) is 5.75 Å². The average Bonchev–Trinajstić information content (AvgIpc) is 3.18. The van der Waals surface area contributed by atoms with E-state index in [-0.39, 0.29) is 6.10 Å². The number of rotatable bonds is 6. The first kappa shape index (κ1) is 25.1. The Hall–Kier alpha value is -2.23. The van der Waals surface area contributed by atoms with Gasteiger partial charge in [-0.2, -0.15) is 4.98 Å². The first-order chi connectivity index (χ1) is 18.2. The third kappa shape index (κ3) is 5.64. The summed E-state index contributed by atoms with van der Waals surface area (Å²) in [6.45, 7) is 8.88. The maximum absolute atomic E-state index is 12.7. The molecule has 0 aliphatic carbocycles. The van der Waals surface area contributed by atoms with Crippen molar-refractivity contribution >= 4 is 22.6 Å². The highest BCUT2D eigenvalue weighted by Crippen LogP contribution is 2.32. The fourth-order valence-electron chi connectivity index (χ4n) is 5.96. The molecule has 2 saturated heterocycles. The molecule has 1 aromatic carbocycles. The van der Waals surface area contributed by atoms with E-state index >= 15 is 0 Å². The quantitative estimate of drug-likeness (QED) is 0.616. The number of nitrogens with zero attached hydrogens (tertiary/aromatic N) is 4. The van der Waals surface area contributed by atoms with Crippen molar-refractivity contribution in [1.82, 2.24) is 14.9 Å². The standard InChI is InChI=1S/C28H39N5O3S/c1-2-32-12-5-20-3-4-24(19-21(20)6-13-32)36-23-7-14-33(15-8-23)28-30-25-11-18-37(34)26(25)27(31-28)29-22-9-16-35-17-10-22/h3-4,19,22-23H,2,5-18H2,1H3,(H,29,30,31). The van der Waals surface area contributed by atoms with Crippen molar-refractivity contribution in [2.24, 2.45) is 0 Å². The summed E-state index contributed by atoms with van der Waals surface area (Å²) in [5.41, 5.74) is 3.86. The van der Waals surface area contributed by atoms with Gasteiger partial charge in [-0.15, -0.1) is 0 Å². The van der Waals surface area contributed by atoms with Crippen molar-refractivity contribution in [2.45, 2.75) is 68.9 Å². The molecule has 37 heavy (non-hydrogen) atoms. The number of anilines is 2. The van der Waals surface area contributed by atoms with E-state index in [9.17, 15) is 4.21 Å². The van der Waals surface area contributed by atoms with Gasteiger partial charge in [-0.3, -0.25) is 4.21 Å². The third-order valence-electron chi connectivity index (χ3n) is 8.29. The molecule has 4 aliphatic rings. The van der Waals surface area contributed by atoms with Gasteiger partial charge < -0.3 is 24.6 Å². The number of ether oxygens (including phenoxy) is 2. The number of piperidine rings is 1. The molecule has 200 valence electrons. The van der Waals surface area contributed by atoms with E-state index < -0.39 is 10.8 Å². The summed E-state index contributed by atoms with van der Waals surface area (Å²) in [5, 5.41) is 3.59. The molecule has 1 unspecified atom stereocenters. The second-order valence-corrected chi connectivity index (χ2v) is 12.2. The maximum Gasteiger partial charge on any atom is 0.227 e. The molecule has 0 saturated carbocycles. The third-order valence-corrected chi connectivity index (χ3v) is 9.74. The number of hydrogen-bond donors (Lipinski definition) is 1. The highest BCUT2D eigenvalue weighted by molar-refractivity contribution is 7.85. The summed E-state index contributed by atoms with van der Waals surface area (Å²) in [7, 11) is -1.02. The molecule has 2 fully saturated rings. The summed E-state index contributed by atoms with van der Waals surface area (Å²) in [6.07, 6.45) is 6.96. The molecular formula is C28H39N5O3S. The number of fused-ring (bicyclic) bond motifs is 2. The summed E-state index contributed by atoms with van der Waals surface area (Å²) < 4.78 is 24.7. The lowest BCUT2D eigenvalue weighted by Crippen LogP contribution is -2.39. The van der Waals surface area contributed by atoms with Gasteiger partial charge in [0.15, 0.2) is 0 Å². The van der Waals surface area contributed by atoms with Crippen molar-refractivity contribution in [1.29, 1.82) is 0 Å². The Kier molecular flexibility index (Phi) is 7.62. The van der Waals surface area contributed by atoms with Gasteiger partial charge in [-0.05, 0) is 55.5 Å². The highest BCUT2D eigenvalue weighted by Gasteiger charge is 2.30. The van der Waals surface area contributed by atoms with Gasteiger partial charge in [0.2, 0.25) is 5.95 Å². The van der Waals surface area contributed by atoms with Crippen LogP contribution in [0.4, 0.5) is 11.8 Å². The predicted molar refractivity (Wildman–Crippen MR) is 146 cm³/mol. The largest absolute Gasteiger partial charge is 0.490 e. The van der Waals surface area contributed by atoms with Crippen LogP contribution in [0.15, 0.2) is 23.1 Å². The molecule has 4 aliphatic heterocycles. The van der Waals surface area contributed by atoms with Crippen molar-refractivity contribution < 1.29 is 13.7 Å². The number of benzene rings is 1. The summed E-state index contributed by atoms with van der Waals surface area (Å²) >= 11 is 0. The molecule has 8 nitrogen and oxygen atoms in total. The number of aryl methyl sites for hydroxylation is 1. The summed E-state index contributed by atoms with van der Waals surface area (Å²) in [4.78, 5) is 15.4. The molecule has 1 N–H and O–H groups in total. The van der Waals surface area contributed by atoms with Crippen LogP contribution in [-0.4, -0.2) is 82.9 Å². The van der Waals surface area contributed by atoms with E-state index in [1.165, 1.54) is 11.1 Å². The average molecular weight is 526 g/mol. The molecule has 0 spiro atoms. The minimum absolute atomic E-state index is 0.203. The summed E-state index contributed by atoms with van der Waals surface area (Å²) in [6, 6.07) is 7.01. The zero-order valence-electron chi connectivity index (χ0n) is 21.9. The van der Waals surface area contributed by atoms with Gasteiger partial charge in [-0.25, -0.2) is 4.98 Å². The number of hydrogen-bond acceptors (Lipinski definition) is 8. The van der Waals surface area contributed by atoms with Gasteiger partial charge in [0.05, 0.1) is 16.5 Å². The second kappa shape index (κ2) is 11.3. The molecule has 0 bridgehead atoms. The Morgan fingerprint density at radius 3 is 2.59 bits per heavy atom. The van der Waals surface area contributed by atoms with Crippen molar-refractivity contribution in [3.8, 4) is 5.75 Å². The van der Waals surface area contributed by atoms with E-state index in [1.807, 2.05) is 0 Å². The van der Waals surface area contributed by atoms with Gasteiger partial charge in [0.1, 0.15) is 22.6 Å². The Morgan fingerprint density at radius 2 is 1.81 bits per heavy atom. The topological polar surface area (TPSA) is 79.8 Å². The van der Waals surface area contributed by atoms with Crippen LogP contribution in [0.3, 0.4) is 0 Å². The van der Waals surface area contributed by atoms with E-state index in [2.05, 4.69) is 40.2 Å². The fraction of sp³-hybridized carbons (Fsp3) is 0.643. The summed E-state index contributed by atoms with van der Waals surface area (Å²) in [5.74, 6) is 3.17. The Labute approximate surface area is 222 Å². The van der Waals surface area contributed by atoms with Crippen LogP contribution >= 0.6 is 0 Å². The first-order valence-electron chi connectivity index (χ1n) is 14.1. The van der Waals surface area contributed by atoms with Gasteiger partial charge in [0.25, 0.3) is 0 Å². The molecule has 5 heterocycles. The molecule has 6 rings (SSSR count). The number of aromatic nitrogens is 2. The number of nitrogens with one attached hydrogen (secondary N) is 1.